The van der Waals surface area contributed by atoms with E-state index in [1.165, 1.54) is 0 Å². The quantitative estimate of drug-likeness (QED) is 0.309. The zero-order valence-electron chi connectivity index (χ0n) is 17.2. The predicted octanol–water partition coefficient (Wildman–Crippen LogP) is -0.577. The minimum atomic E-state index is -1.05. The molecule has 2 unspecified atom stereocenters. The molecule has 152 valence electrons. The molecule has 2 atom stereocenters. The van der Waals surface area contributed by atoms with E-state index in [9.17, 15) is 10.2 Å². The second-order valence-electron chi connectivity index (χ2n) is 9.49. The van der Waals surface area contributed by atoms with Gasteiger partial charge in [-0.15, -0.1) is 0 Å². The van der Waals surface area contributed by atoms with Crippen molar-refractivity contribution in [2.24, 2.45) is 0 Å². The lowest BCUT2D eigenvalue weighted by atomic mass is 9.96. The zero-order valence-corrected chi connectivity index (χ0v) is 17.2. The fourth-order valence-electron chi connectivity index (χ4n) is 3.41. The van der Waals surface area contributed by atoms with Gasteiger partial charge in [0.1, 0.15) is 24.3 Å². The molecule has 0 amide bonds. The Morgan fingerprint density at radius 1 is 0.680 bits per heavy atom. The molecule has 0 saturated heterocycles. The summed E-state index contributed by atoms with van der Waals surface area (Å²) in [5, 5.41) is 40.0. The molecular formula is C18H42N2O5+2. The topological polar surface area (TPSA) is 90.2 Å². The molecule has 0 saturated carbocycles. The van der Waals surface area contributed by atoms with Gasteiger partial charge in [-0.1, -0.05) is 0 Å². The van der Waals surface area contributed by atoms with Gasteiger partial charge in [0, 0.05) is 13.2 Å². The van der Waals surface area contributed by atoms with Crippen LogP contribution in [0.25, 0.3) is 0 Å². The van der Waals surface area contributed by atoms with Crippen molar-refractivity contribution in [3.8, 4) is 0 Å². The van der Waals surface area contributed by atoms with Crippen molar-refractivity contribution in [3.05, 3.63) is 0 Å². The van der Waals surface area contributed by atoms with E-state index in [2.05, 4.69) is 0 Å². The summed E-state index contributed by atoms with van der Waals surface area (Å²) in [5.41, 5.74) is -2.09. The molecule has 0 aliphatic rings. The third kappa shape index (κ3) is 12.7. The Hall–Kier alpha value is -0.280. The van der Waals surface area contributed by atoms with Crippen molar-refractivity contribution in [3.63, 3.8) is 0 Å². The number of ether oxygens (including phenoxy) is 1. The van der Waals surface area contributed by atoms with Crippen LogP contribution in [0.4, 0.5) is 0 Å². The zero-order chi connectivity index (χ0) is 19.8. The summed E-state index contributed by atoms with van der Waals surface area (Å²) in [5.74, 6) is 0. The summed E-state index contributed by atoms with van der Waals surface area (Å²) in [4.78, 5) is 0. The molecule has 0 aromatic heterocycles. The highest BCUT2D eigenvalue weighted by Gasteiger charge is 2.37. The fourth-order valence-corrected chi connectivity index (χ4v) is 3.41. The number of likely N-dealkylation sites (N-methyl/N-ethyl adjacent to an activating group) is 2. The van der Waals surface area contributed by atoms with E-state index < -0.39 is 11.2 Å². The van der Waals surface area contributed by atoms with Gasteiger partial charge in [0.25, 0.3) is 0 Å². The van der Waals surface area contributed by atoms with Gasteiger partial charge in [0.15, 0.2) is 0 Å². The normalized spacial score (nSPS) is 18.0. The molecule has 0 aromatic rings. The third-order valence-electron chi connectivity index (χ3n) is 3.88. The minimum absolute atomic E-state index is 0.0292. The second kappa shape index (κ2) is 10.2. The van der Waals surface area contributed by atoms with Crippen molar-refractivity contribution >= 4 is 0 Å². The molecule has 7 heteroatoms. The van der Waals surface area contributed by atoms with Crippen LogP contribution in [0.2, 0.25) is 0 Å². The number of aliphatic hydroxyl groups is 4. The molecule has 7 nitrogen and oxygen atoms in total. The number of hydrogen-bond donors (Lipinski definition) is 4. The Kier molecular flexibility index (Phi) is 10.0. The first kappa shape index (κ1) is 24.7. The van der Waals surface area contributed by atoms with Crippen LogP contribution in [0.15, 0.2) is 0 Å². The lowest BCUT2D eigenvalue weighted by molar-refractivity contribution is -0.878. The summed E-state index contributed by atoms with van der Waals surface area (Å²) < 4.78 is 6.93. The number of hydrogen-bond acceptors (Lipinski definition) is 5. The van der Waals surface area contributed by atoms with Gasteiger partial charge in [-0.05, 0) is 25.7 Å². The largest absolute Gasteiger partial charge is 0.396 e. The third-order valence-corrected chi connectivity index (χ3v) is 3.88. The van der Waals surface area contributed by atoms with Gasteiger partial charge in [0.2, 0.25) is 0 Å². The summed E-state index contributed by atoms with van der Waals surface area (Å²) >= 11 is 0. The van der Waals surface area contributed by atoms with Crippen molar-refractivity contribution < 1.29 is 34.1 Å². The van der Waals surface area contributed by atoms with Gasteiger partial charge < -0.3 is 34.1 Å². The maximum atomic E-state index is 10.9. The Morgan fingerprint density at radius 3 is 1.24 bits per heavy atom. The monoisotopic (exact) mass is 366 g/mol. The summed E-state index contributed by atoms with van der Waals surface area (Å²) in [6, 6.07) is 0. The van der Waals surface area contributed by atoms with Crippen molar-refractivity contribution in [1.29, 1.82) is 0 Å². The number of nitrogens with zero attached hydrogens (tertiary/aromatic N) is 2. The highest BCUT2D eigenvalue weighted by molar-refractivity contribution is 4.81. The van der Waals surface area contributed by atoms with E-state index in [1.807, 2.05) is 42.3 Å². The average molecular weight is 367 g/mol. The van der Waals surface area contributed by atoms with Crippen LogP contribution in [0.5, 0.6) is 0 Å². The van der Waals surface area contributed by atoms with E-state index in [4.69, 9.17) is 14.9 Å². The summed E-state index contributed by atoms with van der Waals surface area (Å²) in [6.07, 6.45) is 1.91. The highest BCUT2D eigenvalue weighted by atomic mass is 16.5. The summed E-state index contributed by atoms with van der Waals surface area (Å²) in [6.45, 7) is 1.28. The van der Waals surface area contributed by atoms with Gasteiger partial charge >= 0.3 is 0 Å². The lowest BCUT2D eigenvalue weighted by Crippen LogP contribution is -2.54. The molecule has 0 spiro atoms. The van der Waals surface area contributed by atoms with E-state index in [1.54, 1.807) is 0 Å². The predicted molar refractivity (Wildman–Crippen MR) is 99.2 cm³/mol. The molecule has 0 rings (SSSR count). The maximum Gasteiger partial charge on any atom is 0.137 e. The molecular weight excluding hydrogens is 324 g/mol. The molecule has 0 bridgehead atoms. The van der Waals surface area contributed by atoms with Crippen molar-refractivity contribution in [1.82, 2.24) is 0 Å². The first-order valence-electron chi connectivity index (χ1n) is 9.09. The molecule has 25 heavy (non-hydrogen) atoms. The summed E-state index contributed by atoms with van der Waals surface area (Å²) in [7, 11) is 12.0. The first-order chi connectivity index (χ1) is 11.2. The molecule has 0 fully saturated rings. The standard InChI is InChI=1S/C18H42N2O5/c1-19(2,3)13-17(23,9-7-11-21)15-25-16-18(24,10-8-12-22)14-20(4,5)6/h21-24H,7-16H2,1-6H3/q+2. The number of aliphatic hydroxyl groups excluding tert-OH is 2. The molecule has 0 aliphatic heterocycles. The van der Waals surface area contributed by atoms with Crippen LogP contribution in [0, 0.1) is 0 Å². The fraction of sp³-hybridized carbons (Fsp3) is 1.00. The Balaban J connectivity index is 4.86. The van der Waals surface area contributed by atoms with E-state index in [0.29, 0.717) is 47.7 Å². The Morgan fingerprint density at radius 2 is 1.00 bits per heavy atom. The van der Waals surface area contributed by atoms with Gasteiger partial charge in [-0.3, -0.25) is 0 Å². The Labute approximate surface area is 153 Å². The van der Waals surface area contributed by atoms with Crippen LogP contribution in [0.3, 0.4) is 0 Å². The molecule has 4 N–H and O–H groups in total. The SMILES string of the molecule is C[N+](C)(C)CC(O)(CCCO)COCC(O)(CCCO)C[N+](C)(C)C. The Bertz CT molecular complexity index is 333. The van der Waals surface area contributed by atoms with Gasteiger partial charge in [0.05, 0.1) is 55.5 Å². The number of rotatable bonds is 14. The molecule has 0 radical (unpaired) electrons. The van der Waals surface area contributed by atoms with Gasteiger partial charge in [-0.25, -0.2) is 0 Å². The van der Waals surface area contributed by atoms with Crippen LogP contribution in [0.1, 0.15) is 25.7 Å². The smallest absolute Gasteiger partial charge is 0.137 e. The number of quaternary nitrogens is 2. The first-order valence-corrected chi connectivity index (χ1v) is 9.09. The van der Waals surface area contributed by atoms with Crippen LogP contribution >= 0.6 is 0 Å². The van der Waals surface area contributed by atoms with E-state index in [0.717, 1.165) is 0 Å². The average Bonchev–Trinajstić information content (AvgIpc) is 2.39. The van der Waals surface area contributed by atoms with Gasteiger partial charge in [-0.2, -0.15) is 0 Å². The van der Waals surface area contributed by atoms with Crippen LogP contribution in [-0.4, -0.2) is 122 Å². The van der Waals surface area contributed by atoms with Crippen molar-refractivity contribution in [2.75, 3.05) is 81.8 Å². The molecule has 0 aliphatic carbocycles. The van der Waals surface area contributed by atoms with Crippen molar-refractivity contribution in [2.45, 2.75) is 36.9 Å². The van der Waals surface area contributed by atoms with E-state index >= 15 is 0 Å². The molecule has 0 aromatic carbocycles. The lowest BCUT2D eigenvalue weighted by Gasteiger charge is -2.38. The minimum Gasteiger partial charge on any atom is -0.396 e. The maximum absolute atomic E-state index is 10.9. The molecule has 0 heterocycles. The van der Waals surface area contributed by atoms with E-state index in [-0.39, 0.29) is 26.4 Å². The highest BCUT2D eigenvalue weighted by Crippen LogP contribution is 2.21. The van der Waals surface area contributed by atoms with Crippen LogP contribution < -0.4 is 0 Å². The second-order valence-corrected chi connectivity index (χ2v) is 9.49. The van der Waals surface area contributed by atoms with Crippen LogP contribution in [-0.2, 0) is 4.74 Å².